The quantitative estimate of drug-likeness (QED) is 0.782. The smallest absolute Gasteiger partial charge is 0.247 e. The van der Waals surface area contributed by atoms with Gasteiger partial charge in [-0.05, 0) is 49.1 Å². The number of ether oxygens (including phenoxy) is 2. The van der Waals surface area contributed by atoms with E-state index in [4.69, 9.17) is 9.47 Å². The summed E-state index contributed by atoms with van der Waals surface area (Å²) >= 11 is 0. The molecule has 0 spiro atoms. The summed E-state index contributed by atoms with van der Waals surface area (Å²) in [6.45, 7) is 4.00. The molecule has 0 aromatic heterocycles. The summed E-state index contributed by atoms with van der Waals surface area (Å²) in [7, 11) is 0. The summed E-state index contributed by atoms with van der Waals surface area (Å²) < 4.78 is 11.3. The Balaban J connectivity index is 1.51. The fourth-order valence-electron chi connectivity index (χ4n) is 3.59. The van der Waals surface area contributed by atoms with Crippen LogP contribution in [0.15, 0.2) is 48.5 Å². The van der Waals surface area contributed by atoms with E-state index in [0.717, 1.165) is 42.0 Å². The van der Waals surface area contributed by atoms with Gasteiger partial charge in [-0.25, -0.2) is 0 Å². The van der Waals surface area contributed by atoms with Crippen LogP contribution in [-0.4, -0.2) is 30.6 Å². The van der Waals surface area contributed by atoms with Crippen molar-refractivity contribution in [3.8, 4) is 11.5 Å². The number of likely N-dealkylation sites (tertiary alicyclic amines) is 1. The Labute approximate surface area is 154 Å². The molecular weight excluding hydrogens is 326 g/mol. The molecule has 0 aliphatic carbocycles. The number of carbonyl (C=O) groups is 1. The van der Waals surface area contributed by atoms with Crippen LogP contribution in [0, 0.1) is 6.92 Å². The second-order valence-corrected chi connectivity index (χ2v) is 6.84. The van der Waals surface area contributed by atoms with Crippen LogP contribution in [0.25, 0.3) is 6.08 Å². The maximum absolute atomic E-state index is 12.7. The molecule has 2 aromatic rings. The van der Waals surface area contributed by atoms with Gasteiger partial charge in [0.25, 0.3) is 0 Å². The average Bonchev–Trinajstić information content (AvgIpc) is 3.17. The van der Waals surface area contributed by atoms with Crippen molar-refractivity contribution < 1.29 is 14.3 Å². The van der Waals surface area contributed by atoms with Crippen LogP contribution in [0.3, 0.4) is 0 Å². The van der Waals surface area contributed by atoms with Gasteiger partial charge in [0.2, 0.25) is 5.91 Å². The zero-order valence-corrected chi connectivity index (χ0v) is 15.0. The molecule has 26 heavy (non-hydrogen) atoms. The number of fused-ring (bicyclic) bond motifs is 1. The Kier molecular flexibility index (Phi) is 4.65. The van der Waals surface area contributed by atoms with Gasteiger partial charge in [0.1, 0.15) is 13.2 Å². The molecule has 2 aliphatic rings. The Morgan fingerprint density at radius 3 is 2.65 bits per heavy atom. The maximum atomic E-state index is 12.7. The lowest BCUT2D eigenvalue weighted by atomic mass is 10.0. The van der Waals surface area contributed by atoms with Gasteiger partial charge in [0.15, 0.2) is 11.5 Å². The number of hydrogen-bond donors (Lipinski definition) is 0. The summed E-state index contributed by atoms with van der Waals surface area (Å²) in [5.74, 6) is 1.63. The molecule has 134 valence electrons. The summed E-state index contributed by atoms with van der Waals surface area (Å²) in [4.78, 5) is 14.7. The number of carbonyl (C=O) groups excluding carboxylic acids is 1. The van der Waals surface area contributed by atoms with E-state index < -0.39 is 0 Å². The van der Waals surface area contributed by atoms with E-state index in [9.17, 15) is 4.79 Å². The SMILES string of the molecule is Cc1ccc(/C=C/C(=O)N2CCCC2c2ccc3c(c2)OCCO3)cc1. The third-order valence-electron chi connectivity index (χ3n) is 4.98. The Hall–Kier alpha value is -2.75. The topological polar surface area (TPSA) is 38.8 Å². The molecule has 1 saturated heterocycles. The summed E-state index contributed by atoms with van der Waals surface area (Å²) in [5.41, 5.74) is 3.37. The fourth-order valence-corrected chi connectivity index (χ4v) is 3.59. The van der Waals surface area contributed by atoms with Crippen molar-refractivity contribution in [2.75, 3.05) is 19.8 Å². The first-order chi connectivity index (χ1) is 12.7. The Morgan fingerprint density at radius 2 is 1.85 bits per heavy atom. The molecule has 2 aromatic carbocycles. The molecule has 2 aliphatic heterocycles. The molecule has 0 bridgehead atoms. The number of hydrogen-bond acceptors (Lipinski definition) is 3. The monoisotopic (exact) mass is 349 g/mol. The molecule has 1 unspecified atom stereocenters. The van der Waals surface area contributed by atoms with Gasteiger partial charge >= 0.3 is 0 Å². The molecule has 4 rings (SSSR count). The highest BCUT2D eigenvalue weighted by molar-refractivity contribution is 5.92. The highest BCUT2D eigenvalue weighted by Crippen LogP contribution is 2.38. The van der Waals surface area contributed by atoms with Crippen LogP contribution in [0.2, 0.25) is 0 Å². The maximum Gasteiger partial charge on any atom is 0.247 e. The number of aryl methyl sites for hydroxylation is 1. The van der Waals surface area contributed by atoms with Crippen molar-refractivity contribution in [2.45, 2.75) is 25.8 Å². The minimum atomic E-state index is 0.0583. The zero-order valence-electron chi connectivity index (χ0n) is 15.0. The second-order valence-electron chi connectivity index (χ2n) is 6.84. The number of rotatable bonds is 3. The zero-order chi connectivity index (χ0) is 17.9. The van der Waals surface area contributed by atoms with Gasteiger partial charge in [0, 0.05) is 12.6 Å². The lowest BCUT2D eigenvalue weighted by Gasteiger charge is -2.26. The average molecular weight is 349 g/mol. The van der Waals surface area contributed by atoms with Gasteiger partial charge in [-0.1, -0.05) is 35.9 Å². The molecule has 1 amide bonds. The Bertz CT molecular complexity index is 826. The summed E-state index contributed by atoms with van der Waals surface area (Å²) in [5, 5.41) is 0. The molecule has 1 fully saturated rings. The van der Waals surface area contributed by atoms with Crippen molar-refractivity contribution in [1.29, 1.82) is 0 Å². The molecule has 0 radical (unpaired) electrons. The van der Waals surface area contributed by atoms with Crippen molar-refractivity contribution in [2.24, 2.45) is 0 Å². The van der Waals surface area contributed by atoms with Crippen LogP contribution < -0.4 is 9.47 Å². The van der Waals surface area contributed by atoms with Crippen molar-refractivity contribution in [3.63, 3.8) is 0 Å². The van der Waals surface area contributed by atoms with E-state index in [2.05, 4.69) is 19.1 Å². The molecule has 2 heterocycles. The van der Waals surface area contributed by atoms with Gasteiger partial charge < -0.3 is 14.4 Å². The molecule has 0 saturated carbocycles. The predicted molar refractivity (Wildman–Crippen MR) is 101 cm³/mol. The van der Waals surface area contributed by atoms with E-state index in [1.54, 1.807) is 6.08 Å². The molecular formula is C22H23NO3. The first kappa shape index (κ1) is 16.7. The van der Waals surface area contributed by atoms with E-state index in [-0.39, 0.29) is 11.9 Å². The predicted octanol–water partition coefficient (Wildman–Crippen LogP) is 4.14. The fraction of sp³-hybridized carbons (Fsp3) is 0.318. The van der Waals surface area contributed by atoms with Gasteiger partial charge in [-0.2, -0.15) is 0 Å². The van der Waals surface area contributed by atoms with Crippen LogP contribution >= 0.6 is 0 Å². The van der Waals surface area contributed by atoms with Crippen LogP contribution in [-0.2, 0) is 4.79 Å². The Morgan fingerprint density at radius 1 is 1.08 bits per heavy atom. The minimum absolute atomic E-state index is 0.0583. The molecule has 0 N–H and O–H groups in total. The molecule has 4 nitrogen and oxygen atoms in total. The van der Waals surface area contributed by atoms with Gasteiger partial charge in [-0.3, -0.25) is 4.79 Å². The highest BCUT2D eigenvalue weighted by atomic mass is 16.6. The van der Waals surface area contributed by atoms with E-state index in [1.165, 1.54) is 5.56 Å². The van der Waals surface area contributed by atoms with E-state index in [0.29, 0.717) is 13.2 Å². The lowest BCUT2D eigenvalue weighted by Crippen LogP contribution is -2.29. The second kappa shape index (κ2) is 7.24. The molecule has 4 heteroatoms. The summed E-state index contributed by atoms with van der Waals surface area (Å²) in [6, 6.07) is 14.3. The third-order valence-corrected chi connectivity index (χ3v) is 4.98. The van der Waals surface area contributed by atoms with Crippen molar-refractivity contribution in [1.82, 2.24) is 4.90 Å². The van der Waals surface area contributed by atoms with Crippen molar-refractivity contribution in [3.05, 3.63) is 65.2 Å². The van der Waals surface area contributed by atoms with Gasteiger partial charge in [-0.15, -0.1) is 0 Å². The standard InChI is InChI=1S/C22H23NO3/c1-16-4-6-17(7-5-16)8-11-22(24)23-12-2-3-19(23)18-9-10-20-21(15-18)26-14-13-25-20/h4-11,15,19H,2-3,12-14H2,1H3/b11-8+. The van der Waals surface area contributed by atoms with Crippen LogP contribution in [0.5, 0.6) is 11.5 Å². The summed E-state index contributed by atoms with van der Waals surface area (Å²) in [6.07, 6.45) is 5.56. The van der Waals surface area contributed by atoms with Crippen LogP contribution in [0.1, 0.15) is 35.6 Å². The third kappa shape index (κ3) is 3.45. The van der Waals surface area contributed by atoms with Crippen molar-refractivity contribution >= 4 is 12.0 Å². The van der Waals surface area contributed by atoms with Gasteiger partial charge in [0.05, 0.1) is 6.04 Å². The van der Waals surface area contributed by atoms with E-state index >= 15 is 0 Å². The lowest BCUT2D eigenvalue weighted by molar-refractivity contribution is -0.126. The largest absolute Gasteiger partial charge is 0.486 e. The first-order valence-electron chi connectivity index (χ1n) is 9.15. The number of nitrogens with zero attached hydrogens (tertiary/aromatic N) is 1. The minimum Gasteiger partial charge on any atom is -0.486 e. The molecule has 1 atom stereocenters. The number of benzene rings is 2. The van der Waals surface area contributed by atoms with E-state index in [1.807, 2.05) is 41.3 Å². The van der Waals surface area contributed by atoms with Crippen LogP contribution in [0.4, 0.5) is 0 Å². The first-order valence-corrected chi connectivity index (χ1v) is 9.15. The highest BCUT2D eigenvalue weighted by Gasteiger charge is 2.29. The number of amides is 1. The normalized spacial score (nSPS) is 19.1.